The Balaban J connectivity index is 0.00000324. The summed E-state index contributed by atoms with van der Waals surface area (Å²) in [5.74, 6) is -2.06. The number of hydrogen-bond acceptors (Lipinski definition) is 7. The summed E-state index contributed by atoms with van der Waals surface area (Å²) in [6.07, 6.45) is 0.759. The van der Waals surface area contributed by atoms with Crippen molar-refractivity contribution in [1.82, 2.24) is 15.2 Å². The lowest BCUT2D eigenvalue weighted by Crippen LogP contribution is -2.25. The van der Waals surface area contributed by atoms with Crippen LogP contribution in [-0.4, -0.2) is 46.4 Å². The van der Waals surface area contributed by atoms with Gasteiger partial charge in [-0.2, -0.15) is 0 Å². The highest BCUT2D eigenvalue weighted by molar-refractivity contribution is 7.18. The summed E-state index contributed by atoms with van der Waals surface area (Å²) in [6.45, 7) is 1.60. The van der Waals surface area contributed by atoms with Crippen LogP contribution in [0.25, 0.3) is 0 Å². The summed E-state index contributed by atoms with van der Waals surface area (Å²) in [6, 6.07) is 6.07. The molecule has 0 radical (unpaired) electrons. The third kappa shape index (κ3) is 5.70. The number of fused-ring (bicyclic) bond motifs is 1. The van der Waals surface area contributed by atoms with Gasteiger partial charge >= 0.3 is 5.97 Å². The van der Waals surface area contributed by atoms with Crippen molar-refractivity contribution in [2.75, 3.05) is 18.9 Å². The maximum Gasteiger partial charge on any atom is 0.337 e. The van der Waals surface area contributed by atoms with E-state index in [9.17, 15) is 19.5 Å². The number of aromatic carboxylic acids is 1. The molecule has 0 bridgehead atoms. The molecule has 8 nitrogen and oxygen atoms in total. The number of aromatic nitrogens is 1. The van der Waals surface area contributed by atoms with Crippen LogP contribution in [0.1, 0.15) is 46.0 Å². The van der Waals surface area contributed by atoms with Crippen LogP contribution in [0.3, 0.4) is 0 Å². The molecular formula is C21H19Cl3N4O4S2. The average Bonchev–Trinajstić information content (AvgIpc) is 3.39. The zero-order valence-electron chi connectivity index (χ0n) is 17.7. The van der Waals surface area contributed by atoms with Crippen molar-refractivity contribution >= 4 is 81.8 Å². The smallest absolute Gasteiger partial charge is 0.337 e. The molecule has 3 aromatic rings. The van der Waals surface area contributed by atoms with Gasteiger partial charge in [0.05, 0.1) is 31.2 Å². The molecule has 0 saturated carbocycles. The molecule has 180 valence electrons. The number of anilines is 1. The fourth-order valence-corrected chi connectivity index (χ4v) is 5.71. The first kappa shape index (κ1) is 26.4. The van der Waals surface area contributed by atoms with Crippen molar-refractivity contribution in [1.29, 1.82) is 0 Å². The van der Waals surface area contributed by atoms with E-state index in [0.29, 0.717) is 14.8 Å². The van der Waals surface area contributed by atoms with Gasteiger partial charge in [-0.05, 0) is 30.8 Å². The third-order valence-electron chi connectivity index (χ3n) is 5.05. The highest BCUT2D eigenvalue weighted by atomic mass is 35.5. The Labute approximate surface area is 219 Å². The van der Waals surface area contributed by atoms with Gasteiger partial charge in [-0.25, -0.2) is 9.78 Å². The van der Waals surface area contributed by atoms with Gasteiger partial charge in [-0.15, -0.1) is 35.1 Å². The molecule has 0 aliphatic carbocycles. The third-order valence-corrected chi connectivity index (χ3v) is 7.75. The molecule has 1 aliphatic rings. The number of hydrogen-bond donors (Lipinski definition) is 3. The Morgan fingerprint density at radius 3 is 2.59 bits per heavy atom. The lowest BCUT2D eigenvalue weighted by atomic mass is 10.1. The number of likely N-dealkylation sites (N-methyl/N-ethyl adjacent to an activating group) is 1. The van der Waals surface area contributed by atoms with E-state index in [1.807, 2.05) is 7.05 Å². The van der Waals surface area contributed by atoms with Crippen LogP contribution >= 0.6 is 58.3 Å². The maximum absolute atomic E-state index is 13.0. The first-order valence-electron chi connectivity index (χ1n) is 9.79. The van der Waals surface area contributed by atoms with Gasteiger partial charge in [0.2, 0.25) is 0 Å². The fraction of sp³-hybridized carbons (Fsp3) is 0.238. The van der Waals surface area contributed by atoms with E-state index in [-0.39, 0.29) is 46.1 Å². The van der Waals surface area contributed by atoms with Gasteiger partial charge in [-0.1, -0.05) is 29.3 Å². The number of nitrogens with zero attached hydrogens (tertiary/aromatic N) is 2. The molecule has 0 fully saturated rings. The van der Waals surface area contributed by atoms with Gasteiger partial charge in [0.1, 0.15) is 0 Å². The molecule has 3 heterocycles. The molecule has 2 aromatic heterocycles. The first-order chi connectivity index (χ1) is 15.7. The second-order valence-corrected chi connectivity index (χ2v) is 10.6. The molecule has 0 saturated heterocycles. The summed E-state index contributed by atoms with van der Waals surface area (Å²) < 4.78 is 0.485. The molecule has 0 unspecified atom stereocenters. The number of halogens is 3. The van der Waals surface area contributed by atoms with Crippen molar-refractivity contribution in [3.63, 3.8) is 0 Å². The number of amides is 2. The van der Waals surface area contributed by atoms with E-state index in [2.05, 4.69) is 20.5 Å². The van der Waals surface area contributed by atoms with Crippen LogP contribution in [0.5, 0.6) is 0 Å². The minimum Gasteiger partial charge on any atom is -0.478 e. The second kappa shape index (κ2) is 11.0. The van der Waals surface area contributed by atoms with Crippen molar-refractivity contribution in [3.8, 4) is 0 Å². The molecule has 1 aromatic carbocycles. The summed E-state index contributed by atoms with van der Waals surface area (Å²) >= 11 is 14.7. The Bertz CT molecular complexity index is 1260. The van der Waals surface area contributed by atoms with Gasteiger partial charge in [0, 0.05) is 30.9 Å². The molecule has 13 heteroatoms. The van der Waals surface area contributed by atoms with Crippen molar-refractivity contribution < 1.29 is 19.5 Å². The van der Waals surface area contributed by atoms with E-state index < -0.39 is 11.9 Å². The topological polar surface area (TPSA) is 112 Å². The van der Waals surface area contributed by atoms with Crippen LogP contribution in [-0.2, 0) is 19.5 Å². The van der Waals surface area contributed by atoms with E-state index in [1.165, 1.54) is 23.5 Å². The average molecular weight is 562 g/mol. The van der Waals surface area contributed by atoms with Gasteiger partial charge in [-0.3, -0.25) is 9.59 Å². The Morgan fingerprint density at radius 1 is 1.15 bits per heavy atom. The minimum atomic E-state index is -1.23. The molecule has 4 rings (SSSR count). The maximum atomic E-state index is 13.0. The molecule has 34 heavy (non-hydrogen) atoms. The van der Waals surface area contributed by atoms with E-state index >= 15 is 0 Å². The molecule has 3 N–H and O–H groups in total. The molecule has 0 spiro atoms. The van der Waals surface area contributed by atoms with E-state index in [0.717, 1.165) is 41.4 Å². The standard InChI is InChI=1S/C21H18Cl2N4O4S2.ClH/c1-27-7-6-12-14(9-27)33-20(25-12)19(29)26-17-10(2-3-11(16(17)23)21(30)31)8-24-18(28)13-4-5-15(22)32-13;/h2-5H,6-9H2,1H3,(H,24,28)(H,26,29)(H,30,31);1H. The summed E-state index contributed by atoms with van der Waals surface area (Å²) in [7, 11) is 2.00. The summed E-state index contributed by atoms with van der Waals surface area (Å²) in [5, 5.41) is 15.0. The van der Waals surface area contributed by atoms with Crippen molar-refractivity contribution in [3.05, 3.63) is 65.2 Å². The predicted octanol–water partition coefficient (Wildman–Crippen LogP) is 4.80. The van der Waals surface area contributed by atoms with Crippen LogP contribution in [0.15, 0.2) is 24.3 Å². The quantitative estimate of drug-likeness (QED) is 0.399. The van der Waals surface area contributed by atoms with Gasteiger partial charge < -0.3 is 20.6 Å². The highest BCUT2D eigenvalue weighted by Gasteiger charge is 2.24. The largest absolute Gasteiger partial charge is 0.478 e. The number of benzene rings is 1. The Kier molecular flexibility index (Phi) is 8.56. The van der Waals surface area contributed by atoms with Crippen LogP contribution in [0.4, 0.5) is 5.69 Å². The van der Waals surface area contributed by atoms with Crippen molar-refractivity contribution in [2.24, 2.45) is 0 Å². The molecule has 1 aliphatic heterocycles. The number of carbonyl (C=O) groups is 3. The van der Waals surface area contributed by atoms with Gasteiger partial charge in [0.25, 0.3) is 11.8 Å². The lowest BCUT2D eigenvalue weighted by molar-refractivity contribution is 0.0696. The monoisotopic (exact) mass is 560 g/mol. The zero-order chi connectivity index (χ0) is 23.7. The number of carbonyl (C=O) groups excluding carboxylic acids is 2. The molecule has 2 amide bonds. The lowest BCUT2D eigenvalue weighted by Gasteiger charge is -2.20. The Morgan fingerprint density at radius 2 is 1.91 bits per heavy atom. The van der Waals surface area contributed by atoms with Gasteiger partial charge in [0.15, 0.2) is 5.01 Å². The van der Waals surface area contributed by atoms with Crippen LogP contribution in [0, 0.1) is 0 Å². The number of nitrogens with one attached hydrogen (secondary N) is 2. The van der Waals surface area contributed by atoms with Crippen LogP contribution < -0.4 is 10.6 Å². The minimum absolute atomic E-state index is 0. The summed E-state index contributed by atoms with van der Waals surface area (Å²) in [4.78, 5) is 45.0. The van der Waals surface area contributed by atoms with Crippen LogP contribution in [0.2, 0.25) is 9.36 Å². The molecule has 0 atom stereocenters. The number of thiophene rings is 1. The first-order valence-corrected chi connectivity index (χ1v) is 12.2. The molecular weight excluding hydrogens is 543 g/mol. The Hall–Kier alpha value is -2.21. The number of carboxylic acid groups (broad SMARTS) is 1. The van der Waals surface area contributed by atoms with E-state index in [1.54, 1.807) is 12.1 Å². The summed E-state index contributed by atoms with van der Waals surface area (Å²) in [5.41, 5.74) is 1.31. The number of carboxylic acids is 1. The number of thiazole rings is 1. The van der Waals surface area contributed by atoms with Crippen molar-refractivity contribution in [2.45, 2.75) is 19.5 Å². The predicted molar refractivity (Wildman–Crippen MR) is 136 cm³/mol. The SMILES string of the molecule is CN1CCc2nc(C(=O)Nc3c(CNC(=O)c4ccc(Cl)s4)ccc(C(=O)O)c3Cl)sc2C1.Cl. The number of rotatable bonds is 6. The second-order valence-electron chi connectivity index (χ2n) is 7.38. The fourth-order valence-electron chi connectivity index (χ4n) is 3.35. The van der Waals surface area contributed by atoms with E-state index in [4.69, 9.17) is 23.2 Å². The zero-order valence-corrected chi connectivity index (χ0v) is 21.6. The normalized spacial score (nSPS) is 13.0. The highest BCUT2D eigenvalue weighted by Crippen LogP contribution is 2.32.